The smallest absolute Gasteiger partial charge is 0.306 e. The molecule has 2 aromatic carbocycles. The molecule has 3 rings (SSSR count). The average Bonchev–Trinajstić information content (AvgIpc) is 2.78. The van der Waals surface area contributed by atoms with Gasteiger partial charge in [0.05, 0.1) is 27.4 Å². The molecule has 1 aliphatic heterocycles. The van der Waals surface area contributed by atoms with Gasteiger partial charge < -0.3 is 14.9 Å². The van der Waals surface area contributed by atoms with Gasteiger partial charge in [-0.3, -0.25) is 29.8 Å². The minimum Gasteiger partial charge on any atom is -0.481 e. The van der Waals surface area contributed by atoms with Crippen LogP contribution in [-0.4, -0.2) is 51.9 Å². The molecule has 1 saturated heterocycles. The third kappa shape index (κ3) is 5.17. The fourth-order valence-electron chi connectivity index (χ4n) is 3.73. The van der Waals surface area contributed by atoms with E-state index in [-0.39, 0.29) is 18.0 Å². The Labute approximate surface area is 183 Å². The number of carboxylic acids is 1. The van der Waals surface area contributed by atoms with E-state index in [4.69, 9.17) is 5.11 Å². The van der Waals surface area contributed by atoms with E-state index in [1.807, 2.05) is 24.3 Å². The number of benzene rings is 2. The largest absolute Gasteiger partial charge is 0.481 e. The normalized spacial score (nSPS) is 14.1. The number of aliphatic carboxylic acids is 1. The second-order valence-electron chi connectivity index (χ2n) is 7.68. The van der Waals surface area contributed by atoms with Gasteiger partial charge in [-0.15, -0.1) is 0 Å². The number of carboxylic acid groups (broad SMARTS) is 1. The number of amides is 1. The standard InChI is InChI=1S/C21H22N4O7/c1-22(20(26)16-10-18(24(29)30)12-19(11-16)25(31)32)13-14-3-2-4-17(9-14)23-7-5-15(6-8-23)21(27)28/h2-4,9-12,15H,5-8,13H2,1H3,(H,27,28). The highest BCUT2D eigenvalue weighted by Gasteiger charge is 2.25. The summed E-state index contributed by atoms with van der Waals surface area (Å²) >= 11 is 0. The lowest BCUT2D eigenvalue weighted by Gasteiger charge is -2.32. The molecule has 1 fully saturated rings. The van der Waals surface area contributed by atoms with E-state index in [2.05, 4.69) is 4.90 Å². The van der Waals surface area contributed by atoms with Gasteiger partial charge in [-0.25, -0.2) is 0 Å². The molecule has 1 N–H and O–H groups in total. The molecular weight excluding hydrogens is 420 g/mol. The highest BCUT2D eigenvalue weighted by atomic mass is 16.6. The third-order valence-corrected chi connectivity index (χ3v) is 5.46. The van der Waals surface area contributed by atoms with Gasteiger partial charge >= 0.3 is 5.97 Å². The van der Waals surface area contributed by atoms with Crippen LogP contribution in [0.2, 0.25) is 0 Å². The van der Waals surface area contributed by atoms with Crippen LogP contribution in [0.4, 0.5) is 17.1 Å². The van der Waals surface area contributed by atoms with E-state index in [1.54, 1.807) is 0 Å². The number of piperidine rings is 1. The fraction of sp³-hybridized carbons (Fsp3) is 0.333. The summed E-state index contributed by atoms with van der Waals surface area (Å²) < 4.78 is 0. The van der Waals surface area contributed by atoms with Crippen LogP contribution in [0.25, 0.3) is 0 Å². The van der Waals surface area contributed by atoms with Gasteiger partial charge in [0.1, 0.15) is 0 Å². The van der Waals surface area contributed by atoms with Crippen molar-refractivity contribution in [3.63, 3.8) is 0 Å². The Morgan fingerprint density at radius 2 is 1.66 bits per heavy atom. The molecule has 11 nitrogen and oxygen atoms in total. The topological polar surface area (TPSA) is 147 Å². The third-order valence-electron chi connectivity index (χ3n) is 5.46. The number of nitrogens with zero attached hydrogens (tertiary/aromatic N) is 4. The first kappa shape index (κ1) is 22.7. The highest BCUT2D eigenvalue weighted by molar-refractivity contribution is 5.95. The number of nitro groups is 2. The first-order valence-corrected chi connectivity index (χ1v) is 9.91. The van der Waals surface area contributed by atoms with Crippen molar-refractivity contribution in [1.82, 2.24) is 4.90 Å². The number of carbonyl (C=O) groups is 2. The number of hydrogen-bond acceptors (Lipinski definition) is 7. The van der Waals surface area contributed by atoms with Crippen molar-refractivity contribution in [2.75, 3.05) is 25.0 Å². The predicted molar refractivity (Wildman–Crippen MR) is 115 cm³/mol. The monoisotopic (exact) mass is 442 g/mol. The minimum absolute atomic E-state index is 0.139. The van der Waals surface area contributed by atoms with Crippen LogP contribution in [0.5, 0.6) is 0 Å². The molecule has 32 heavy (non-hydrogen) atoms. The maximum absolute atomic E-state index is 12.8. The Morgan fingerprint density at radius 3 is 2.19 bits per heavy atom. The summed E-state index contributed by atoms with van der Waals surface area (Å²) in [4.78, 5) is 48.0. The van der Waals surface area contributed by atoms with Crippen LogP contribution in [0, 0.1) is 26.1 Å². The summed E-state index contributed by atoms with van der Waals surface area (Å²) in [6.07, 6.45) is 1.12. The molecule has 0 atom stereocenters. The molecule has 0 unspecified atom stereocenters. The summed E-state index contributed by atoms with van der Waals surface area (Å²) in [7, 11) is 1.51. The Bertz CT molecular complexity index is 1030. The second kappa shape index (κ2) is 9.41. The van der Waals surface area contributed by atoms with Crippen LogP contribution in [0.3, 0.4) is 0 Å². The van der Waals surface area contributed by atoms with Crippen LogP contribution >= 0.6 is 0 Å². The quantitative estimate of drug-likeness (QED) is 0.508. The first-order chi connectivity index (χ1) is 15.2. The molecule has 2 aromatic rings. The number of nitro benzene ring substituents is 2. The number of anilines is 1. The molecule has 1 heterocycles. The van der Waals surface area contributed by atoms with Crippen LogP contribution in [-0.2, 0) is 11.3 Å². The Hall–Kier alpha value is -4.02. The molecule has 1 amide bonds. The number of carbonyl (C=O) groups excluding carboxylic acids is 1. The average molecular weight is 442 g/mol. The van der Waals surface area contributed by atoms with Crippen LogP contribution in [0.1, 0.15) is 28.8 Å². The van der Waals surface area contributed by atoms with E-state index in [0.29, 0.717) is 25.9 Å². The molecule has 168 valence electrons. The zero-order chi connectivity index (χ0) is 23.4. The fourth-order valence-corrected chi connectivity index (χ4v) is 3.73. The summed E-state index contributed by atoms with van der Waals surface area (Å²) in [5.41, 5.74) is 0.530. The molecule has 1 aliphatic rings. The van der Waals surface area contributed by atoms with Gasteiger partial charge in [0.15, 0.2) is 0 Å². The van der Waals surface area contributed by atoms with Crippen molar-refractivity contribution >= 4 is 28.9 Å². The molecule has 0 spiro atoms. The Balaban J connectivity index is 1.74. The lowest BCUT2D eigenvalue weighted by molar-refractivity contribution is -0.394. The van der Waals surface area contributed by atoms with Crippen molar-refractivity contribution in [1.29, 1.82) is 0 Å². The molecule has 0 aliphatic carbocycles. The molecule has 11 heteroatoms. The molecule has 0 bridgehead atoms. The molecule has 0 saturated carbocycles. The van der Waals surface area contributed by atoms with E-state index in [1.165, 1.54) is 11.9 Å². The summed E-state index contributed by atoms with van der Waals surface area (Å²) in [6, 6.07) is 10.3. The van der Waals surface area contributed by atoms with E-state index >= 15 is 0 Å². The summed E-state index contributed by atoms with van der Waals surface area (Å²) in [5.74, 6) is -1.69. The van der Waals surface area contributed by atoms with Gasteiger partial charge in [-0.05, 0) is 30.5 Å². The lowest BCUT2D eigenvalue weighted by atomic mass is 9.96. The SMILES string of the molecule is CN(Cc1cccc(N2CCC(C(=O)O)CC2)c1)C(=O)c1cc([N+](=O)[O-])cc([N+](=O)[O-])c1. The van der Waals surface area contributed by atoms with E-state index in [9.17, 15) is 29.8 Å². The van der Waals surface area contributed by atoms with Gasteiger partial charge in [0.2, 0.25) is 0 Å². The van der Waals surface area contributed by atoms with E-state index < -0.39 is 33.1 Å². The number of non-ortho nitro benzene ring substituents is 2. The van der Waals surface area contributed by atoms with Gasteiger partial charge in [0, 0.05) is 44.5 Å². The molecular formula is C21H22N4O7. The number of hydrogen-bond donors (Lipinski definition) is 1. The lowest BCUT2D eigenvalue weighted by Crippen LogP contribution is -2.36. The molecule has 0 aromatic heterocycles. The van der Waals surface area contributed by atoms with Crippen molar-refractivity contribution < 1.29 is 24.5 Å². The van der Waals surface area contributed by atoms with Crippen molar-refractivity contribution in [2.45, 2.75) is 19.4 Å². The van der Waals surface area contributed by atoms with Crippen LogP contribution < -0.4 is 4.90 Å². The maximum Gasteiger partial charge on any atom is 0.306 e. The second-order valence-corrected chi connectivity index (χ2v) is 7.68. The van der Waals surface area contributed by atoms with Gasteiger partial charge in [-0.2, -0.15) is 0 Å². The minimum atomic E-state index is -0.778. The van der Waals surface area contributed by atoms with Crippen molar-refractivity contribution in [2.24, 2.45) is 5.92 Å². The van der Waals surface area contributed by atoms with Gasteiger partial charge in [-0.1, -0.05) is 12.1 Å². The van der Waals surface area contributed by atoms with Gasteiger partial charge in [0.25, 0.3) is 17.3 Å². The molecule has 0 radical (unpaired) electrons. The summed E-state index contributed by atoms with van der Waals surface area (Å²) in [5, 5.41) is 31.3. The number of rotatable bonds is 7. The predicted octanol–water partition coefficient (Wildman–Crippen LogP) is 3.08. The Kier molecular flexibility index (Phi) is 6.67. The zero-order valence-corrected chi connectivity index (χ0v) is 17.3. The zero-order valence-electron chi connectivity index (χ0n) is 17.3. The van der Waals surface area contributed by atoms with Crippen molar-refractivity contribution in [3.8, 4) is 0 Å². The Morgan fingerprint density at radius 1 is 1.06 bits per heavy atom. The van der Waals surface area contributed by atoms with Crippen molar-refractivity contribution in [3.05, 3.63) is 73.8 Å². The first-order valence-electron chi connectivity index (χ1n) is 9.91. The van der Waals surface area contributed by atoms with E-state index in [0.717, 1.165) is 29.4 Å². The highest BCUT2D eigenvalue weighted by Crippen LogP contribution is 2.26. The summed E-state index contributed by atoms with van der Waals surface area (Å²) in [6.45, 7) is 1.42. The van der Waals surface area contributed by atoms with Crippen LogP contribution in [0.15, 0.2) is 42.5 Å². The maximum atomic E-state index is 12.8.